The molecule has 0 aliphatic carbocycles. The van der Waals surface area contributed by atoms with Gasteiger partial charge in [-0.25, -0.2) is 4.98 Å². The monoisotopic (exact) mass is 327 g/mol. The van der Waals surface area contributed by atoms with E-state index in [0.717, 1.165) is 44.7 Å². The first-order valence-electron chi connectivity index (χ1n) is 8.53. The van der Waals surface area contributed by atoms with Gasteiger partial charge >= 0.3 is 0 Å². The molecule has 0 radical (unpaired) electrons. The lowest BCUT2D eigenvalue weighted by atomic mass is 9.93. The number of anilines is 1. The molecular weight excluding hydrogens is 302 g/mol. The van der Waals surface area contributed by atoms with E-state index >= 15 is 0 Å². The number of nitrogens with zero attached hydrogens (tertiary/aromatic N) is 5. The summed E-state index contributed by atoms with van der Waals surface area (Å²) >= 11 is 0. The van der Waals surface area contributed by atoms with Gasteiger partial charge in [-0.3, -0.25) is 9.48 Å². The van der Waals surface area contributed by atoms with Crippen molar-refractivity contribution >= 4 is 11.7 Å². The summed E-state index contributed by atoms with van der Waals surface area (Å²) in [5, 5.41) is 4.24. The molecule has 2 aromatic heterocycles. The van der Waals surface area contributed by atoms with Gasteiger partial charge < -0.3 is 9.80 Å². The van der Waals surface area contributed by atoms with Gasteiger partial charge in [0.2, 0.25) is 0 Å². The van der Waals surface area contributed by atoms with E-state index < -0.39 is 0 Å². The summed E-state index contributed by atoms with van der Waals surface area (Å²) in [6.45, 7) is 2.62. The topological polar surface area (TPSA) is 54.3 Å². The summed E-state index contributed by atoms with van der Waals surface area (Å²) < 4.78 is 1.98. The number of aromatic nitrogens is 3. The number of pyridine rings is 1. The van der Waals surface area contributed by atoms with Gasteiger partial charge in [0, 0.05) is 52.3 Å². The molecule has 3 heterocycles. The predicted octanol–water partition coefficient (Wildman–Crippen LogP) is 2.29. The van der Waals surface area contributed by atoms with Crippen molar-refractivity contribution in [2.45, 2.75) is 25.8 Å². The van der Waals surface area contributed by atoms with Crippen molar-refractivity contribution in [2.75, 3.05) is 32.1 Å². The molecule has 2 aromatic rings. The second kappa shape index (κ2) is 7.47. The van der Waals surface area contributed by atoms with Gasteiger partial charge in [0.05, 0.1) is 5.56 Å². The van der Waals surface area contributed by atoms with Gasteiger partial charge in [-0.1, -0.05) is 0 Å². The van der Waals surface area contributed by atoms with Gasteiger partial charge in [0.25, 0.3) is 5.91 Å². The van der Waals surface area contributed by atoms with E-state index in [-0.39, 0.29) is 5.91 Å². The number of hydrogen-bond acceptors (Lipinski definition) is 4. The Hall–Kier alpha value is -2.37. The second-order valence-corrected chi connectivity index (χ2v) is 6.59. The molecule has 0 unspecified atom stereocenters. The summed E-state index contributed by atoms with van der Waals surface area (Å²) in [5.74, 6) is 1.63. The highest BCUT2D eigenvalue weighted by Gasteiger charge is 2.23. The van der Waals surface area contributed by atoms with E-state index in [0.29, 0.717) is 11.5 Å². The molecule has 1 amide bonds. The van der Waals surface area contributed by atoms with Crippen molar-refractivity contribution in [1.82, 2.24) is 19.7 Å². The number of likely N-dealkylation sites (tertiary alicyclic amines) is 1. The first kappa shape index (κ1) is 16.5. The number of aryl methyl sites for hydroxylation is 1. The molecule has 6 heteroatoms. The first-order valence-corrected chi connectivity index (χ1v) is 8.53. The van der Waals surface area contributed by atoms with Gasteiger partial charge in [-0.2, -0.15) is 5.10 Å². The molecule has 6 nitrogen and oxygen atoms in total. The molecule has 0 aromatic carbocycles. The van der Waals surface area contributed by atoms with E-state index in [4.69, 9.17) is 0 Å². The zero-order chi connectivity index (χ0) is 16.9. The van der Waals surface area contributed by atoms with Gasteiger partial charge in [0.1, 0.15) is 5.82 Å². The zero-order valence-corrected chi connectivity index (χ0v) is 14.4. The lowest BCUT2D eigenvalue weighted by Crippen LogP contribution is -2.38. The van der Waals surface area contributed by atoms with E-state index in [1.165, 1.54) is 0 Å². The van der Waals surface area contributed by atoms with Crippen LogP contribution in [-0.2, 0) is 6.54 Å². The summed E-state index contributed by atoms with van der Waals surface area (Å²) in [6, 6.07) is 5.72. The van der Waals surface area contributed by atoms with Crippen LogP contribution >= 0.6 is 0 Å². The lowest BCUT2D eigenvalue weighted by Gasteiger charge is -2.32. The van der Waals surface area contributed by atoms with Crippen LogP contribution in [0.1, 0.15) is 29.6 Å². The third-order valence-electron chi connectivity index (χ3n) is 4.68. The molecule has 1 saturated heterocycles. The number of amides is 1. The number of carbonyl (C=O) groups excluding carboxylic acids is 1. The zero-order valence-electron chi connectivity index (χ0n) is 14.4. The molecule has 0 bridgehead atoms. The average molecular weight is 327 g/mol. The normalized spacial score (nSPS) is 15.5. The van der Waals surface area contributed by atoms with E-state index in [2.05, 4.69) is 10.1 Å². The van der Waals surface area contributed by atoms with Crippen LogP contribution in [0.25, 0.3) is 0 Å². The van der Waals surface area contributed by atoms with E-state index in [9.17, 15) is 4.79 Å². The third-order valence-corrected chi connectivity index (χ3v) is 4.68. The van der Waals surface area contributed by atoms with E-state index in [1.54, 1.807) is 6.20 Å². The van der Waals surface area contributed by atoms with Crippen LogP contribution in [0, 0.1) is 5.92 Å². The quantitative estimate of drug-likeness (QED) is 0.845. The van der Waals surface area contributed by atoms with Crippen molar-refractivity contribution in [2.24, 2.45) is 5.92 Å². The summed E-state index contributed by atoms with van der Waals surface area (Å²) in [6.07, 6.45) is 8.76. The average Bonchev–Trinajstić information content (AvgIpc) is 3.13. The maximum Gasteiger partial charge on any atom is 0.255 e. The van der Waals surface area contributed by atoms with Gasteiger partial charge in [0.15, 0.2) is 0 Å². The largest absolute Gasteiger partial charge is 0.363 e. The van der Waals surface area contributed by atoms with Crippen LogP contribution in [-0.4, -0.2) is 52.8 Å². The SMILES string of the molecule is CN(C)c1ccc(C(=O)N2CCC(CCn3cccn3)CC2)cn1. The van der Waals surface area contributed by atoms with Crippen LogP contribution in [0.15, 0.2) is 36.8 Å². The summed E-state index contributed by atoms with van der Waals surface area (Å²) in [4.78, 5) is 20.8. The minimum Gasteiger partial charge on any atom is -0.363 e. The second-order valence-electron chi connectivity index (χ2n) is 6.59. The Morgan fingerprint density at radius 1 is 1.29 bits per heavy atom. The van der Waals surface area contributed by atoms with Crippen molar-refractivity contribution in [3.63, 3.8) is 0 Å². The fraction of sp³-hybridized carbons (Fsp3) is 0.500. The molecule has 128 valence electrons. The number of hydrogen-bond donors (Lipinski definition) is 0. The molecule has 24 heavy (non-hydrogen) atoms. The first-order chi connectivity index (χ1) is 11.6. The molecule has 1 fully saturated rings. The van der Waals surface area contributed by atoms with Crippen LogP contribution in [0.4, 0.5) is 5.82 Å². The Balaban J connectivity index is 1.49. The van der Waals surface area contributed by atoms with Crippen LogP contribution in [0.3, 0.4) is 0 Å². The van der Waals surface area contributed by atoms with E-state index in [1.807, 2.05) is 59.2 Å². The van der Waals surface area contributed by atoms with Crippen LogP contribution in [0.5, 0.6) is 0 Å². The van der Waals surface area contributed by atoms with Crippen molar-refractivity contribution in [1.29, 1.82) is 0 Å². The number of carbonyl (C=O) groups is 1. The molecule has 0 saturated carbocycles. The molecule has 0 N–H and O–H groups in total. The highest BCUT2D eigenvalue weighted by atomic mass is 16.2. The summed E-state index contributed by atoms with van der Waals surface area (Å²) in [7, 11) is 3.88. The van der Waals surface area contributed by atoms with Gasteiger partial charge in [-0.05, 0) is 43.4 Å². The van der Waals surface area contributed by atoms with Crippen molar-refractivity contribution < 1.29 is 4.79 Å². The fourth-order valence-electron chi connectivity index (χ4n) is 3.13. The maximum absolute atomic E-state index is 12.6. The standard InChI is InChI=1S/C18H25N5O/c1-21(2)17-5-4-16(14-19-17)18(24)22-11-6-15(7-12-22)8-13-23-10-3-9-20-23/h3-5,9-10,14-15H,6-8,11-13H2,1-2H3. The Morgan fingerprint density at radius 2 is 2.08 bits per heavy atom. The highest BCUT2D eigenvalue weighted by molar-refractivity contribution is 5.94. The lowest BCUT2D eigenvalue weighted by molar-refractivity contribution is 0.0684. The minimum absolute atomic E-state index is 0.0957. The maximum atomic E-state index is 12.6. The minimum atomic E-state index is 0.0957. The highest BCUT2D eigenvalue weighted by Crippen LogP contribution is 2.22. The Labute approximate surface area is 143 Å². The number of rotatable bonds is 5. The summed E-state index contributed by atoms with van der Waals surface area (Å²) in [5.41, 5.74) is 0.676. The fourth-order valence-corrected chi connectivity index (χ4v) is 3.13. The van der Waals surface area contributed by atoms with Gasteiger partial charge in [-0.15, -0.1) is 0 Å². The Morgan fingerprint density at radius 3 is 2.67 bits per heavy atom. The molecule has 0 spiro atoms. The van der Waals surface area contributed by atoms with Crippen LogP contribution < -0.4 is 4.90 Å². The third kappa shape index (κ3) is 3.93. The molecule has 1 aliphatic rings. The number of piperidine rings is 1. The Kier molecular flexibility index (Phi) is 5.13. The smallest absolute Gasteiger partial charge is 0.255 e. The molecular formula is C18H25N5O. The molecule has 1 aliphatic heterocycles. The van der Waals surface area contributed by atoms with Crippen molar-refractivity contribution in [3.8, 4) is 0 Å². The molecule has 0 atom stereocenters. The van der Waals surface area contributed by atoms with Crippen LogP contribution in [0.2, 0.25) is 0 Å². The Bertz CT molecular complexity index is 643. The molecule has 3 rings (SSSR count). The van der Waals surface area contributed by atoms with Crippen molar-refractivity contribution in [3.05, 3.63) is 42.4 Å². The predicted molar refractivity (Wildman–Crippen MR) is 94.0 cm³/mol.